The van der Waals surface area contributed by atoms with E-state index in [0.29, 0.717) is 19.4 Å². The molecule has 1 aliphatic heterocycles. The van der Waals surface area contributed by atoms with Crippen molar-refractivity contribution in [1.82, 2.24) is 14.5 Å². The van der Waals surface area contributed by atoms with Crippen LogP contribution in [0.25, 0.3) is 0 Å². The van der Waals surface area contributed by atoms with Crippen LogP contribution in [0, 0.1) is 0 Å². The number of carbonyl (C=O) groups is 2. The van der Waals surface area contributed by atoms with E-state index in [4.69, 9.17) is 0 Å². The van der Waals surface area contributed by atoms with Crippen molar-refractivity contribution in [2.75, 3.05) is 38.3 Å². The minimum absolute atomic E-state index is 0.126. The largest absolute Gasteiger partial charge is 0.573 e. The predicted octanol–water partition coefficient (Wildman–Crippen LogP) is 2.15. The Labute approximate surface area is 184 Å². The minimum Gasteiger partial charge on any atom is -0.406 e. The number of carbonyl (C=O) groups excluding carboxylic acids is 2. The summed E-state index contributed by atoms with van der Waals surface area (Å²) >= 11 is 0. The maximum absolute atomic E-state index is 12.5. The molecule has 32 heavy (non-hydrogen) atoms. The molecule has 1 heterocycles. The summed E-state index contributed by atoms with van der Waals surface area (Å²) in [6.07, 6.45) is -1.28. The van der Waals surface area contributed by atoms with Crippen LogP contribution in [-0.4, -0.2) is 75.5 Å². The van der Waals surface area contributed by atoms with Gasteiger partial charge in [-0.3, -0.25) is 4.79 Å². The number of amides is 3. The number of halogens is 3. The number of likely N-dealkylation sites (tertiary alicyclic amines) is 1. The summed E-state index contributed by atoms with van der Waals surface area (Å²) in [4.78, 5) is 26.7. The van der Waals surface area contributed by atoms with Gasteiger partial charge in [0.2, 0.25) is 15.9 Å². The van der Waals surface area contributed by atoms with Crippen LogP contribution in [0.1, 0.15) is 12.8 Å². The van der Waals surface area contributed by atoms with Crippen molar-refractivity contribution in [3.63, 3.8) is 0 Å². The van der Waals surface area contributed by atoms with Crippen LogP contribution >= 0.6 is 0 Å². The highest BCUT2D eigenvalue weighted by Gasteiger charge is 2.31. The van der Waals surface area contributed by atoms with Crippen LogP contribution in [-0.2, 0) is 14.8 Å². The summed E-state index contributed by atoms with van der Waals surface area (Å²) in [7, 11) is -0.607. The van der Waals surface area contributed by atoms with Gasteiger partial charge in [0, 0.05) is 45.0 Å². The zero-order chi connectivity index (χ0) is 23.9. The van der Waals surface area contributed by atoms with Gasteiger partial charge in [-0.05, 0) is 37.1 Å². The maximum atomic E-state index is 12.5. The number of likely N-dealkylation sites (N-methyl/N-ethyl adjacent to an activating group) is 1. The highest BCUT2D eigenvalue weighted by Crippen LogP contribution is 2.24. The quantitative estimate of drug-likeness (QED) is 0.584. The Hall–Kier alpha value is -2.80. The van der Waals surface area contributed by atoms with Gasteiger partial charge in [0.1, 0.15) is 5.75 Å². The van der Waals surface area contributed by atoms with Gasteiger partial charge in [-0.1, -0.05) is 6.08 Å². The van der Waals surface area contributed by atoms with Crippen molar-refractivity contribution in [1.29, 1.82) is 0 Å². The average Bonchev–Trinajstić information content (AvgIpc) is 2.68. The van der Waals surface area contributed by atoms with Crippen LogP contribution in [0.4, 0.5) is 23.7 Å². The Balaban J connectivity index is 1.89. The van der Waals surface area contributed by atoms with Gasteiger partial charge in [0.25, 0.3) is 0 Å². The van der Waals surface area contributed by atoms with E-state index >= 15 is 0 Å². The molecule has 1 aromatic rings. The Morgan fingerprint density at radius 1 is 1.25 bits per heavy atom. The summed E-state index contributed by atoms with van der Waals surface area (Å²) in [5.74, 6) is -1.12. The van der Waals surface area contributed by atoms with E-state index in [1.165, 1.54) is 34.1 Å². The number of anilines is 1. The Morgan fingerprint density at radius 2 is 1.91 bits per heavy atom. The molecule has 0 aliphatic carbocycles. The Morgan fingerprint density at radius 3 is 2.50 bits per heavy atom. The summed E-state index contributed by atoms with van der Waals surface area (Å²) in [6.45, 7) is 0.525. The zero-order valence-electron chi connectivity index (χ0n) is 17.6. The van der Waals surface area contributed by atoms with Crippen LogP contribution in [0.5, 0.6) is 5.75 Å². The molecule has 0 spiro atoms. The van der Waals surface area contributed by atoms with E-state index in [0.717, 1.165) is 12.1 Å². The van der Waals surface area contributed by atoms with Crippen molar-refractivity contribution in [3.05, 3.63) is 36.4 Å². The summed E-state index contributed by atoms with van der Waals surface area (Å²) in [5.41, 5.74) is 0.267. The van der Waals surface area contributed by atoms with Gasteiger partial charge < -0.3 is 19.9 Å². The van der Waals surface area contributed by atoms with Crippen LogP contribution < -0.4 is 14.8 Å². The number of rotatable bonds is 7. The molecule has 0 saturated carbocycles. The molecule has 0 bridgehead atoms. The van der Waals surface area contributed by atoms with E-state index in [1.807, 2.05) is 0 Å². The van der Waals surface area contributed by atoms with Crippen molar-refractivity contribution in [2.24, 2.45) is 0 Å². The van der Waals surface area contributed by atoms with Gasteiger partial charge in [0.15, 0.2) is 0 Å². The van der Waals surface area contributed by atoms with Crippen LogP contribution in [0.3, 0.4) is 0 Å². The average molecular weight is 478 g/mol. The molecule has 1 fully saturated rings. The molecular formula is C19H25F3N4O5S. The van der Waals surface area contributed by atoms with Gasteiger partial charge >= 0.3 is 12.4 Å². The van der Waals surface area contributed by atoms with Crippen molar-refractivity contribution >= 4 is 27.6 Å². The standard InChI is InChI=1S/C19H25F3N4O5S/c1-25(2)17(27)6-4-12-32(29,30)24-15-5-3-11-26(13-15)18(28)23-14-7-9-16(10-8-14)31-19(20,21)22/h4,6-10,15,24H,3,5,11-13H2,1-2H3,(H,23,28)/b6-4+/t15-/m1/s1. The molecule has 9 nitrogen and oxygen atoms in total. The highest BCUT2D eigenvalue weighted by atomic mass is 32.2. The highest BCUT2D eigenvalue weighted by molar-refractivity contribution is 7.89. The minimum atomic E-state index is -4.81. The molecule has 1 saturated heterocycles. The second-order valence-corrected chi connectivity index (χ2v) is 9.12. The lowest BCUT2D eigenvalue weighted by Gasteiger charge is -2.33. The van der Waals surface area contributed by atoms with E-state index in [1.54, 1.807) is 14.1 Å². The first kappa shape index (κ1) is 25.5. The van der Waals surface area contributed by atoms with Gasteiger partial charge in [0.05, 0.1) is 5.75 Å². The molecule has 3 amide bonds. The third kappa shape index (κ3) is 8.75. The molecule has 178 valence electrons. The predicted molar refractivity (Wildman–Crippen MR) is 111 cm³/mol. The molecule has 0 unspecified atom stereocenters. The summed E-state index contributed by atoms with van der Waals surface area (Å²) < 4.78 is 67.5. The number of ether oxygens (including phenoxy) is 1. The normalized spacial score (nSPS) is 17.3. The van der Waals surface area contributed by atoms with Gasteiger partial charge in [-0.15, -0.1) is 13.2 Å². The number of hydrogen-bond acceptors (Lipinski definition) is 5. The molecule has 0 radical (unpaired) electrons. The second kappa shape index (κ2) is 10.7. The molecule has 1 aromatic carbocycles. The fourth-order valence-electron chi connectivity index (χ4n) is 2.93. The second-order valence-electron chi connectivity index (χ2n) is 7.32. The van der Waals surface area contributed by atoms with E-state index in [9.17, 15) is 31.2 Å². The van der Waals surface area contributed by atoms with Crippen molar-refractivity contribution < 1.29 is 35.9 Å². The number of piperidine rings is 1. The number of benzene rings is 1. The van der Waals surface area contributed by atoms with Crippen molar-refractivity contribution in [2.45, 2.75) is 25.2 Å². The van der Waals surface area contributed by atoms with Gasteiger partial charge in [-0.2, -0.15) is 0 Å². The molecule has 13 heteroatoms. The number of alkyl halides is 3. The Bertz CT molecular complexity index is 933. The molecule has 2 rings (SSSR count). The molecule has 1 aliphatic rings. The molecule has 2 N–H and O–H groups in total. The first-order valence-corrected chi connectivity index (χ1v) is 11.3. The monoisotopic (exact) mass is 478 g/mol. The zero-order valence-corrected chi connectivity index (χ0v) is 18.4. The Kier molecular flexibility index (Phi) is 8.50. The summed E-state index contributed by atoms with van der Waals surface area (Å²) in [5, 5.41) is 2.56. The first-order chi connectivity index (χ1) is 14.8. The third-order valence-corrected chi connectivity index (χ3v) is 5.73. The maximum Gasteiger partial charge on any atom is 0.573 e. The van der Waals surface area contributed by atoms with Crippen molar-refractivity contribution in [3.8, 4) is 5.75 Å². The fraction of sp³-hybridized carbons (Fsp3) is 0.474. The lowest BCUT2D eigenvalue weighted by Crippen LogP contribution is -2.51. The topological polar surface area (TPSA) is 108 Å². The molecule has 1 atom stereocenters. The smallest absolute Gasteiger partial charge is 0.406 e. The van der Waals surface area contributed by atoms with Crippen LogP contribution in [0.15, 0.2) is 36.4 Å². The van der Waals surface area contributed by atoms with Gasteiger partial charge in [-0.25, -0.2) is 17.9 Å². The molecule has 0 aromatic heterocycles. The van der Waals surface area contributed by atoms with E-state index in [-0.39, 0.29) is 23.9 Å². The molecular weight excluding hydrogens is 453 g/mol. The van der Waals surface area contributed by atoms with Crippen LogP contribution in [0.2, 0.25) is 0 Å². The van der Waals surface area contributed by atoms with E-state index in [2.05, 4.69) is 14.8 Å². The first-order valence-electron chi connectivity index (χ1n) is 9.64. The lowest BCUT2D eigenvalue weighted by molar-refractivity contribution is -0.274. The number of urea groups is 1. The third-order valence-electron chi connectivity index (χ3n) is 4.41. The number of sulfonamides is 1. The SMILES string of the molecule is CN(C)C(=O)/C=C/CS(=O)(=O)N[C@@H]1CCCN(C(=O)Nc2ccc(OC(F)(F)F)cc2)C1. The number of hydrogen-bond donors (Lipinski definition) is 2. The lowest BCUT2D eigenvalue weighted by atomic mass is 10.1. The number of nitrogens with one attached hydrogen (secondary N) is 2. The fourth-order valence-corrected chi connectivity index (χ4v) is 4.07. The summed E-state index contributed by atoms with van der Waals surface area (Å²) in [6, 6.07) is 3.68. The van der Waals surface area contributed by atoms with E-state index < -0.39 is 34.2 Å². The number of nitrogens with zero attached hydrogens (tertiary/aromatic N) is 2.